The Balaban J connectivity index is 2.24. The summed E-state index contributed by atoms with van der Waals surface area (Å²) in [6.07, 6.45) is 0.706. The van der Waals surface area contributed by atoms with Crippen LogP contribution in [0, 0.1) is 0 Å². The quantitative estimate of drug-likeness (QED) is 0.901. The molecule has 1 fully saturated rings. The molecule has 2 rings (SSSR count). The molecule has 0 radical (unpaired) electrons. The zero-order valence-corrected chi connectivity index (χ0v) is 12.1. The minimum atomic E-state index is -3.45. The van der Waals surface area contributed by atoms with Crippen LogP contribution in [0.1, 0.15) is 20.3 Å². The molecule has 0 bridgehead atoms. The van der Waals surface area contributed by atoms with Gasteiger partial charge in [-0.1, -0.05) is 0 Å². The normalized spacial score (nSPS) is 24.6. The largest absolute Gasteiger partial charge is 0.494 e. The van der Waals surface area contributed by atoms with E-state index >= 15 is 0 Å². The summed E-state index contributed by atoms with van der Waals surface area (Å²) in [6.45, 7) is 4.78. The maximum Gasteiger partial charge on any atom is 0.243 e. The SMILES string of the molecule is CCOc1ccc(S(=O)(=O)N2CCC(N)C2C)cc1. The van der Waals surface area contributed by atoms with E-state index in [4.69, 9.17) is 10.5 Å². The molecule has 0 aliphatic carbocycles. The van der Waals surface area contributed by atoms with E-state index in [1.54, 1.807) is 24.3 Å². The van der Waals surface area contributed by atoms with Crippen molar-refractivity contribution in [1.29, 1.82) is 0 Å². The molecule has 1 aromatic carbocycles. The van der Waals surface area contributed by atoms with Crippen molar-refractivity contribution < 1.29 is 13.2 Å². The molecule has 1 saturated heterocycles. The molecule has 0 aromatic heterocycles. The van der Waals surface area contributed by atoms with Crippen LogP contribution in [0.15, 0.2) is 29.2 Å². The summed E-state index contributed by atoms with van der Waals surface area (Å²) in [4.78, 5) is 0.289. The maximum absolute atomic E-state index is 12.5. The topological polar surface area (TPSA) is 72.6 Å². The maximum atomic E-state index is 12.5. The van der Waals surface area contributed by atoms with E-state index in [1.807, 2.05) is 13.8 Å². The van der Waals surface area contributed by atoms with E-state index in [0.29, 0.717) is 25.3 Å². The van der Waals surface area contributed by atoms with Gasteiger partial charge in [0.2, 0.25) is 10.0 Å². The van der Waals surface area contributed by atoms with Crippen molar-refractivity contribution in [2.24, 2.45) is 5.73 Å². The summed E-state index contributed by atoms with van der Waals surface area (Å²) < 4.78 is 31.8. The molecule has 6 heteroatoms. The first-order valence-electron chi connectivity index (χ1n) is 6.47. The van der Waals surface area contributed by atoms with E-state index in [9.17, 15) is 8.42 Å². The van der Waals surface area contributed by atoms with Gasteiger partial charge in [-0.05, 0) is 44.5 Å². The summed E-state index contributed by atoms with van der Waals surface area (Å²) in [5, 5.41) is 0. The summed E-state index contributed by atoms with van der Waals surface area (Å²) in [5.74, 6) is 0.674. The van der Waals surface area contributed by atoms with E-state index in [0.717, 1.165) is 0 Å². The van der Waals surface area contributed by atoms with Gasteiger partial charge in [0.05, 0.1) is 11.5 Å². The molecule has 0 saturated carbocycles. The number of nitrogens with two attached hydrogens (primary N) is 1. The molecule has 2 unspecified atom stereocenters. The van der Waals surface area contributed by atoms with Crippen molar-refractivity contribution in [3.8, 4) is 5.75 Å². The summed E-state index contributed by atoms with van der Waals surface area (Å²) in [6, 6.07) is 6.27. The van der Waals surface area contributed by atoms with Crippen LogP contribution in [-0.2, 0) is 10.0 Å². The van der Waals surface area contributed by atoms with Crippen LogP contribution in [0.5, 0.6) is 5.75 Å². The second-order valence-electron chi connectivity index (χ2n) is 4.71. The lowest BCUT2D eigenvalue weighted by Crippen LogP contribution is -2.40. The molecule has 1 aliphatic rings. The van der Waals surface area contributed by atoms with Crippen LogP contribution >= 0.6 is 0 Å². The monoisotopic (exact) mass is 284 g/mol. The predicted molar refractivity (Wildman–Crippen MR) is 73.6 cm³/mol. The van der Waals surface area contributed by atoms with Crippen molar-refractivity contribution in [2.45, 2.75) is 37.2 Å². The fourth-order valence-corrected chi connectivity index (χ4v) is 3.97. The van der Waals surface area contributed by atoms with Gasteiger partial charge in [0, 0.05) is 18.6 Å². The van der Waals surface area contributed by atoms with E-state index in [-0.39, 0.29) is 17.0 Å². The molecule has 0 amide bonds. The Kier molecular flexibility index (Phi) is 4.13. The average Bonchev–Trinajstić information content (AvgIpc) is 2.72. The molecule has 2 N–H and O–H groups in total. The van der Waals surface area contributed by atoms with Gasteiger partial charge < -0.3 is 10.5 Å². The third-order valence-electron chi connectivity index (χ3n) is 3.50. The van der Waals surface area contributed by atoms with Gasteiger partial charge in [-0.15, -0.1) is 0 Å². The van der Waals surface area contributed by atoms with E-state index < -0.39 is 10.0 Å². The lowest BCUT2D eigenvalue weighted by molar-refractivity contribution is 0.340. The van der Waals surface area contributed by atoms with E-state index in [2.05, 4.69) is 0 Å². The van der Waals surface area contributed by atoms with Gasteiger partial charge in [0.25, 0.3) is 0 Å². The third-order valence-corrected chi connectivity index (χ3v) is 5.50. The Morgan fingerprint density at radius 3 is 2.47 bits per heavy atom. The van der Waals surface area contributed by atoms with Crippen molar-refractivity contribution >= 4 is 10.0 Å². The van der Waals surface area contributed by atoms with Crippen LogP contribution in [0.2, 0.25) is 0 Å². The molecule has 106 valence electrons. The number of nitrogens with zero attached hydrogens (tertiary/aromatic N) is 1. The molecular formula is C13H20N2O3S. The number of sulfonamides is 1. The predicted octanol–water partition coefficient (Wildman–Crippen LogP) is 1.20. The minimum absolute atomic E-state index is 0.0857. The van der Waals surface area contributed by atoms with E-state index in [1.165, 1.54) is 4.31 Å². The summed E-state index contributed by atoms with van der Waals surface area (Å²) in [7, 11) is -3.45. The molecule has 0 spiro atoms. The fraction of sp³-hybridized carbons (Fsp3) is 0.538. The highest BCUT2D eigenvalue weighted by Gasteiger charge is 2.37. The van der Waals surface area contributed by atoms with Crippen LogP contribution in [0.4, 0.5) is 0 Å². The zero-order chi connectivity index (χ0) is 14.0. The number of benzene rings is 1. The molecule has 2 atom stereocenters. The van der Waals surface area contributed by atoms with Gasteiger partial charge in [-0.3, -0.25) is 0 Å². The van der Waals surface area contributed by atoms with Gasteiger partial charge in [0.15, 0.2) is 0 Å². The Hall–Kier alpha value is -1.11. The molecular weight excluding hydrogens is 264 g/mol. The number of hydrogen-bond donors (Lipinski definition) is 1. The highest BCUT2D eigenvalue weighted by molar-refractivity contribution is 7.89. The zero-order valence-electron chi connectivity index (χ0n) is 11.2. The number of rotatable bonds is 4. The highest BCUT2D eigenvalue weighted by Crippen LogP contribution is 2.26. The first-order chi connectivity index (χ1) is 8.96. The summed E-state index contributed by atoms with van der Waals surface area (Å²) >= 11 is 0. The first-order valence-corrected chi connectivity index (χ1v) is 7.91. The second-order valence-corrected chi connectivity index (χ2v) is 6.60. The number of hydrogen-bond acceptors (Lipinski definition) is 4. The smallest absolute Gasteiger partial charge is 0.243 e. The highest BCUT2D eigenvalue weighted by atomic mass is 32.2. The molecule has 19 heavy (non-hydrogen) atoms. The van der Waals surface area contributed by atoms with Crippen molar-refractivity contribution in [2.75, 3.05) is 13.2 Å². The Morgan fingerprint density at radius 2 is 2.00 bits per heavy atom. The first kappa shape index (κ1) is 14.3. The Bertz CT molecular complexity index is 527. The lowest BCUT2D eigenvalue weighted by Gasteiger charge is -2.22. The fourth-order valence-electron chi connectivity index (χ4n) is 2.28. The number of ether oxygens (including phenoxy) is 1. The lowest BCUT2D eigenvalue weighted by atomic mass is 10.2. The Morgan fingerprint density at radius 1 is 1.37 bits per heavy atom. The molecule has 5 nitrogen and oxygen atoms in total. The van der Waals surface area contributed by atoms with Crippen LogP contribution in [0.3, 0.4) is 0 Å². The molecule has 1 heterocycles. The molecule has 1 aliphatic heterocycles. The standard InChI is InChI=1S/C13H20N2O3S/c1-3-18-11-4-6-12(7-5-11)19(16,17)15-9-8-13(14)10(15)2/h4-7,10,13H,3,8-9,14H2,1-2H3. The van der Waals surface area contributed by atoms with Crippen molar-refractivity contribution in [3.05, 3.63) is 24.3 Å². The van der Waals surface area contributed by atoms with Crippen LogP contribution < -0.4 is 10.5 Å². The van der Waals surface area contributed by atoms with Crippen molar-refractivity contribution in [3.63, 3.8) is 0 Å². The third kappa shape index (κ3) is 2.75. The van der Waals surface area contributed by atoms with Gasteiger partial charge >= 0.3 is 0 Å². The van der Waals surface area contributed by atoms with Gasteiger partial charge in [-0.2, -0.15) is 4.31 Å². The van der Waals surface area contributed by atoms with Crippen molar-refractivity contribution in [1.82, 2.24) is 4.31 Å². The van der Waals surface area contributed by atoms with Crippen LogP contribution in [-0.4, -0.2) is 38.0 Å². The second kappa shape index (κ2) is 5.48. The summed E-state index contributed by atoms with van der Waals surface area (Å²) in [5.41, 5.74) is 5.88. The minimum Gasteiger partial charge on any atom is -0.494 e. The Labute approximate surface area is 114 Å². The molecule has 1 aromatic rings. The van der Waals surface area contributed by atoms with Crippen LogP contribution in [0.25, 0.3) is 0 Å². The van der Waals surface area contributed by atoms with Gasteiger partial charge in [0.1, 0.15) is 5.75 Å². The average molecular weight is 284 g/mol. The van der Waals surface area contributed by atoms with Gasteiger partial charge in [-0.25, -0.2) is 8.42 Å².